The molecule has 2 aromatic heterocycles. The van der Waals surface area contributed by atoms with Gasteiger partial charge in [-0.15, -0.1) is 0 Å². The van der Waals surface area contributed by atoms with Gasteiger partial charge in [0.15, 0.2) is 0 Å². The SMILES string of the molecule is CCNCc1cccn1Cc1ccnc(C#N)c1. The minimum Gasteiger partial charge on any atom is -0.346 e. The van der Waals surface area contributed by atoms with Crippen LogP contribution >= 0.6 is 0 Å². The minimum atomic E-state index is 0.466. The maximum Gasteiger partial charge on any atom is 0.140 e. The van der Waals surface area contributed by atoms with E-state index < -0.39 is 0 Å². The van der Waals surface area contributed by atoms with E-state index in [1.54, 1.807) is 6.20 Å². The van der Waals surface area contributed by atoms with Crippen LogP contribution in [0.25, 0.3) is 0 Å². The van der Waals surface area contributed by atoms with Gasteiger partial charge in [0.2, 0.25) is 0 Å². The fraction of sp³-hybridized carbons (Fsp3) is 0.286. The summed E-state index contributed by atoms with van der Waals surface area (Å²) in [5, 5.41) is 12.1. The summed E-state index contributed by atoms with van der Waals surface area (Å²) in [5.74, 6) is 0. The van der Waals surface area contributed by atoms with Crippen molar-refractivity contribution in [2.75, 3.05) is 6.54 Å². The van der Waals surface area contributed by atoms with E-state index in [1.165, 1.54) is 5.69 Å². The first-order chi connectivity index (χ1) is 8.83. The number of hydrogen-bond acceptors (Lipinski definition) is 3. The number of rotatable bonds is 5. The lowest BCUT2D eigenvalue weighted by atomic mass is 10.2. The fourth-order valence-electron chi connectivity index (χ4n) is 1.85. The Kier molecular flexibility index (Phi) is 4.11. The lowest BCUT2D eigenvalue weighted by Crippen LogP contribution is -2.15. The van der Waals surface area contributed by atoms with Crippen molar-refractivity contribution < 1.29 is 0 Å². The molecule has 0 aliphatic rings. The molecule has 0 atom stereocenters. The second-order valence-corrected chi connectivity index (χ2v) is 4.07. The molecule has 0 aromatic carbocycles. The lowest BCUT2D eigenvalue weighted by molar-refractivity contribution is 0.657. The van der Waals surface area contributed by atoms with Gasteiger partial charge in [0.25, 0.3) is 0 Å². The van der Waals surface area contributed by atoms with Crippen LogP contribution in [0.1, 0.15) is 23.9 Å². The van der Waals surface area contributed by atoms with Crippen LogP contribution in [-0.4, -0.2) is 16.1 Å². The van der Waals surface area contributed by atoms with Gasteiger partial charge in [0, 0.05) is 31.2 Å². The van der Waals surface area contributed by atoms with Crippen LogP contribution in [-0.2, 0) is 13.1 Å². The summed E-state index contributed by atoms with van der Waals surface area (Å²) in [5.41, 5.74) is 2.80. The maximum atomic E-state index is 8.83. The third-order valence-corrected chi connectivity index (χ3v) is 2.77. The van der Waals surface area contributed by atoms with Crippen LogP contribution in [0.5, 0.6) is 0 Å². The Morgan fingerprint density at radius 1 is 1.44 bits per heavy atom. The van der Waals surface area contributed by atoms with Crippen molar-refractivity contribution in [1.29, 1.82) is 5.26 Å². The number of nitrogens with one attached hydrogen (secondary N) is 1. The molecular formula is C14H16N4. The van der Waals surface area contributed by atoms with Crippen molar-refractivity contribution in [3.05, 3.63) is 53.6 Å². The van der Waals surface area contributed by atoms with E-state index in [4.69, 9.17) is 5.26 Å². The third kappa shape index (κ3) is 2.96. The topological polar surface area (TPSA) is 53.6 Å². The van der Waals surface area contributed by atoms with E-state index in [1.807, 2.05) is 18.2 Å². The number of nitriles is 1. The number of nitrogens with zero attached hydrogens (tertiary/aromatic N) is 3. The lowest BCUT2D eigenvalue weighted by Gasteiger charge is -2.09. The van der Waals surface area contributed by atoms with E-state index in [2.05, 4.69) is 40.1 Å². The zero-order chi connectivity index (χ0) is 12.8. The van der Waals surface area contributed by atoms with Gasteiger partial charge in [-0.3, -0.25) is 0 Å². The largest absolute Gasteiger partial charge is 0.346 e. The smallest absolute Gasteiger partial charge is 0.140 e. The van der Waals surface area contributed by atoms with Crippen molar-refractivity contribution in [2.45, 2.75) is 20.0 Å². The molecule has 2 aromatic rings. The molecule has 18 heavy (non-hydrogen) atoms. The number of pyridine rings is 1. The quantitative estimate of drug-likeness (QED) is 0.868. The van der Waals surface area contributed by atoms with Gasteiger partial charge in [-0.2, -0.15) is 5.26 Å². The number of aromatic nitrogens is 2. The average molecular weight is 240 g/mol. The Morgan fingerprint density at radius 3 is 3.11 bits per heavy atom. The molecule has 0 unspecified atom stereocenters. The molecular weight excluding hydrogens is 224 g/mol. The van der Waals surface area contributed by atoms with Crippen molar-refractivity contribution >= 4 is 0 Å². The molecule has 2 heterocycles. The molecule has 0 saturated heterocycles. The molecule has 0 radical (unpaired) electrons. The summed E-state index contributed by atoms with van der Waals surface area (Å²) < 4.78 is 2.18. The molecule has 0 spiro atoms. The highest BCUT2D eigenvalue weighted by atomic mass is 15.0. The molecule has 0 aliphatic carbocycles. The highest BCUT2D eigenvalue weighted by Gasteiger charge is 2.02. The van der Waals surface area contributed by atoms with E-state index in [9.17, 15) is 0 Å². The Labute approximate surface area is 107 Å². The van der Waals surface area contributed by atoms with E-state index >= 15 is 0 Å². The molecule has 0 amide bonds. The van der Waals surface area contributed by atoms with E-state index in [-0.39, 0.29) is 0 Å². The highest BCUT2D eigenvalue weighted by molar-refractivity contribution is 5.26. The monoisotopic (exact) mass is 240 g/mol. The average Bonchev–Trinajstić information content (AvgIpc) is 2.84. The van der Waals surface area contributed by atoms with Crippen LogP contribution in [0.2, 0.25) is 0 Å². The summed E-state index contributed by atoms with van der Waals surface area (Å²) in [6.45, 7) is 4.68. The first-order valence-corrected chi connectivity index (χ1v) is 6.03. The van der Waals surface area contributed by atoms with Gasteiger partial charge in [0.05, 0.1) is 0 Å². The highest BCUT2D eigenvalue weighted by Crippen LogP contribution is 2.08. The predicted molar refractivity (Wildman–Crippen MR) is 69.9 cm³/mol. The van der Waals surface area contributed by atoms with Crippen molar-refractivity contribution in [1.82, 2.24) is 14.9 Å². The molecule has 0 saturated carbocycles. The molecule has 4 heteroatoms. The summed E-state index contributed by atoms with van der Waals surface area (Å²) in [6, 6.07) is 9.98. The first kappa shape index (κ1) is 12.3. The molecule has 1 N–H and O–H groups in total. The molecule has 4 nitrogen and oxygen atoms in total. The van der Waals surface area contributed by atoms with Gasteiger partial charge in [0.1, 0.15) is 11.8 Å². The van der Waals surface area contributed by atoms with Crippen molar-refractivity contribution in [3.8, 4) is 6.07 Å². The molecule has 0 fully saturated rings. The van der Waals surface area contributed by atoms with Crippen LogP contribution < -0.4 is 5.32 Å². The van der Waals surface area contributed by atoms with Crippen LogP contribution in [0.3, 0.4) is 0 Å². The second kappa shape index (κ2) is 5.99. The first-order valence-electron chi connectivity index (χ1n) is 6.03. The summed E-state index contributed by atoms with van der Waals surface area (Å²) in [7, 11) is 0. The standard InChI is InChI=1S/C14H16N4/c1-2-16-10-14-4-3-7-18(14)11-12-5-6-17-13(8-12)9-15/h3-8,16H,2,10-11H2,1H3. The Morgan fingerprint density at radius 2 is 2.33 bits per heavy atom. The van der Waals surface area contributed by atoms with Crippen LogP contribution in [0.4, 0.5) is 0 Å². The molecule has 92 valence electrons. The zero-order valence-corrected chi connectivity index (χ0v) is 10.4. The van der Waals surface area contributed by atoms with Gasteiger partial charge in [-0.05, 0) is 36.4 Å². The van der Waals surface area contributed by atoms with Gasteiger partial charge in [-0.1, -0.05) is 6.92 Å². The minimum absolute atomic E-state index is 0.466. The van der Waals surface area contributed by atoms with E-state index in [0.29, 0.717) is 5.69 Å². The van der Waals surface area contributed by atoms with Gasteiger partial charge < -0.3 is 9.88 Å². The summed E-state index contributed by atoms with van der Waals surface area (Å²) in [4.78, 5) is 3.98. The number of hydrogen-bond donors (Lipinski definition) is 1. The summed E-state index contributed by atoms with van der Waals surface area (Å²) in [6.07, 6.45) is 3.74. The maximum absolute atomic E-state index is 8.83. The van der Waals surface area contributed by atoms with Gasteiger partial charge in [-0.25, -0.2) is 4.98 Å². The Bertz CT molecular complexity index is 551. The fourth-order valence-corrected chi connectivity index (χ4v) is 1.85. The van der Waals surface area contributed by atoms with Crippen molar-refractivity contribution in [3.63, 3.8) is 0 Å². The normalized spacial score (nSPS) is 10.2. The summed E-state index contributed by atoms with van der Waals surface area (Å²) >= 11 is 0. The van der Waals surface area contributed by atoms with Crippen LogP contribution in [0, 0.1) is 11.3 Å². The van der Waals surface area contributed by atoms with Crippen molar-refractivity contribution in [2.24, 2.45) is 0 Å². The zero-order valence-electron chi connectivity index (χ0n) is 10.4. The predicted octanol–water partition coefficient (Wildman–Crippen LogP) is 1.91. The molecule has 0 aliphatic heterocycles. The van der Waals surface area contributed by atoms with Gasteiger partial charge >= 0.3 is 0 Å². The van der Waals surface area contributed by atoms with E-state index in [0.717, 1.165) is 25.2 Å². The second-order valence-electron chi connectivity index (χ2n) is 4.07. The van der Waals surface area contributed by atoms with Crippen LogP contribution in [0.15, 0.2) is 36.7 Å². The molecule has 0 bridgehead atoms. The molecule has 2 rings (SSSR count). The Hall–Kier alpha value is -2.12. The Balaban J connectivity index is 2.13. The third-order valence-electron chi connectivity index (χ3n) is 2.77.